The molecule has 0 unspecified atom stereocenters. The van der Waals surface area contributed by atoms with Gasteiger partial charge in [-0.05, 0) is 37.7 Å². The normalized spacial score (nSPS) is 13.6. The monoisotopic (exact) mass is 247 g/mol. The summed E-state index contributed by atoms with van der Waals surface area (Å²) in [5.41, 5.74) is 1.41. The maximum atomic E-state index is 3.67. The second-order valence-corrected chi connectivity index (χ2v) is 11.6. The van der Waals surface area contributed by atoms with Crippen LogP contribution in [-0.4, -0.2) is 13.6 Å². The standard InChI is InChI=1S/C15H25NSi/c1-15(2,3)16-14(17(4,5)6)12-13-10-8-7-9-11-13/h7-12,16H,1-6H3/b14-12-. The van der Waals surface area contributed by atoms with E-state index in [0.717, 1.165) is 0 Å². The van der Waals surface area contributed by atoms with Gasteiger partial charge in [0.05, 0.1) is 8.07 Å². The van der Waals surface area contributed by atoms with E-state index >= 15 is 0 Å². The number of nitrogens with one attached hydrogen (secondary N) is 1. The first kappa shape index (κ1) is 14.0. The Labute approximate surface area is 107 Å². The van der Waals surface area contributed by atoms with Crippen LogP contribution in [0, 0.1) is 0 Å². The summed E-state index contributed by atoms with van der Waals surface area (Å²) >= 11 is 0. The van der Waals surface area contributed by atoms with Gasteiger partial charge in [0.2, 0.25) is 0 Å². The first-order valence-corrected chi connectivity index (χ1v) is 9.74. The van der Waals surface area contributed by atoms with Gasteiger partial charge in [0, 0.05) is 5.54 Å². The number of benzene rings is 1. The average Bonchev–Trinajstić information content (AvgIpc) is 2.15. The molecule has 0 saturated carbocycles. The molecule has 0 aliphatic carbocycles. The first-order chi connectivity index (χ1) is 7.68. The Hall–Kier alpha value is -1.02. The second kappa shape index (κ2) is 5.09. The van der Waals surface area contributed by atoms with E-state index in [1.54, 1.807) is 0 Å². The molecule has 1 nitrogen and oxygen atoms in total. The average molecular weight is 247 g/mol. The van der Waals surface area contributed by atoms with Crippen molar-refractivity contribution >= 4 is 14.1 Å². The highest BCUT2D eigenvalue weighted by molar-refractivity contribution is 6.83. The molecule has 0 atom stereocenters. The molecule has 0 radical (unpaired) electrons. The Kier molecular flexibility index (Phi) is 4.20. The van der Waals surface area contributed by atoms with Gasteiger partial charge in [-0.15, -0.1) is 0 Å². The lowest BCUT2D eigenvalue weighted by Gasteiger charge is -2.31. The zero-order valence-corrected chi connectivity index (χ0v) is 13.0. The van der Waals surface area contributed by atoms with E-state index in [-0.39, 0.29) is 5.54 Å². The third-order valence-corrected chi connectivity index (χ3v) is 4.31. The Morgan fingerprint density at radius 1 is 1.06 bits per heavy atom. The van der Waals surface area contributed by atoms with E-state index in [0.29, 0.717) is 0 Å². The zero-order chi connectivity index (χ0) is 13.1. The van der Waals surface area contributed by atoms with Gasteiger partial charge in [-0.1, -0.05) is 50.0 Å². The lowest BCUT2D eigenvalue weighted by atomic mass is 10.1. The van der Waals surface area contributed by atoms with Crippen LogP contribution in [0.15, 0.2) is 35.7 Å². The van der Waals surface area contributed by atoms with Crippen molar-refractivity contribution in [2.45, 2.75) is 46.0 Å². The maximum Gasteiger partial charge on any atom is 0.0977 e. The van der Waals surface area contributed by atoms with Crippen molar-refractivity contribution in [3.8, 4) is 0 Å². The van der Waals surface area contributed by atoms with E-state index in [9.17, 15) is 0 Å². The summed E-state index contributed by atoms with van der Waals surface area (Å²) in [6.45, 7) is 13.8. The molecule has 0 amide bonds. The topological polar surface area (TPSA) is 12.0 Å². The largest absolute Gasteiger partial charge is 0.387 e. The Balaban J connectivity index is 3.04. The molecule has 0 saturated heterocycles. The number of hydrogen-bond donors (Lipinski definition) is 1. The van der Waals surface area contributed by atoms with Crippen molar-refractivity contribution < 1.29 is 0 Å². The fourth-order valence-electron chi connectivity index (χ4n) is 1.56. The quantitative estimate of drug-likeness (QED) is 0.786. The molecule has 1 N–H and O–H groups in total. The van der Waals surface area contributed by atoms with Gasteiger partial charge in [0.25, 0.3) is 0 Å². The SMILES string of the molecule is CC(C)(C)N/C(=C/c1ccccc1)[Si](C)(C)C. The minimum absolute atomic E-state index is 0.126. The van der Waals surface area contributed by atoms with Crippen molar-refractivity contribution in [1.29, 1.82) is 0 Å². The van der Waals surface area contributed by atoms with Crippen molar-refractivity contribution in [1.82, 2.24) is 5.32 Å². The summed E-state index contributed by atoms with van der Waals surface area (Å²) in [4.78, 5) is 0. The molecule has 0 fully saturated rings. The zero-order valence-electron chi connectivity index (χ0n) is 12.0. The summed E-state index contributed by atoms with van der Waals surface area (Å²) in [7, 11) is -1.33. The molecule has 1 aromatic carbocycles. The molecule has 1 aromatic rings. The van der Waals surface area contributed by atoms with Crippen LogP contribution in [0.1, 0.15) is 26.3 Å². The molecule has 0 spiro atoms. The molecule has 0 aliphatic rings. The maximum absolute atomic E-state index is 3.67. The fourth-order valence-corrected chi connectivity index (χ4v) is 2.91. The summed E-state index contributed by atoms with van der Waals surface area (Å²) in [6.07, 6.45) is 2.30. The van der Waals surface area contributed by atoms with Crippen LogP contribution in [0.5, 0.6) is 0 Å². The van der Waals surface area contributed by atoms with Gasteiger partial charge in [0.15, 0.2) is 0 Å². The highest BCUT2D eigenvalue weighted by Crippen LogP contribution is 2.18. The van der Waals surface area contributed by atoms with Gasteiger partial charge in [-0.2, -0.15) is 0 Å². The van der Waals surface area contributed by atoms with Crippen molar-refractivity contribution in [3.05, 3.63) is 41.2 Å². The summed E-state index contributed by atoms with van der Waals surface area (Å²) in [5, 5.41) is 5.08. The van der Waals surface area contributed by atoms with Crippen LogP contribution in [0.4, 0.5) is 0 Å². The predicted molar refractivity (Wildman–Crippen MR) is 80.7 cm³/mol. The van der Waals surface area contributed by atoms with Crippen LogP contribution >= 0.6 is 0 Å². The van der Waals surface area contributed by atoms with E-state index in [4.69, 9.17) is 0 Å². The van der Waals surface area contributed by atoms with Gasteiger partial charge < -0.3 is 5.32 Å². The van der Waals surface area contributed by atoms with Crippen LogP contribution in [0.3, 0.4) is 0 Å². The van der Waals surface area contributed by atoms with E-state index in [2.05, 4.69) is 82.1 Å². The highest BCUT2D eigenvalue weighted by atomic mass is 28.3. The summed E-state index contributed by atoms with van der Waals surface area (Å²) in [5.74, 6) is 0. The van der Waals surface area contributed by atoms with Crippen LogP contribution < -0.4 is 5.32 Å². The molecule has 0 aromatic heterocycles. The Morgan fingerprint density at radius 2 is 1.59 bits per heavy atom. The molecule has 0 bridgehead atoms. The molecular formula is C15H25NSi. The van der Waals surface area contributed by atoms with Crippen LogP contribution in [0.25, 0.3) is 6.08 Å². The van der Waals surface area contributed by atoms with Gasteiger partial charge in [0.1, 0.15) is 0 Å². The summed E-state index contributed by atoms with van der Waals surface area (Å²) in [6, 6.07) is 10.5. The molecule has 0 heterocycles. The molecular weight excluding hydrogens is 222 g/mol. The van der Waals surface area contributed by atoms with Crippen LogP contribution in [-0.2, 0) is 0 Å². The molecule has 0 aliphatic heterocycles. The number of rotatable bonds is 3. The highest BCUT2D eigenvalue weighted by Gasteiger charge is 2.23. The molecule has 1 rings (SSSR count). The first-order valence-electron chi connectivity index (χ1n) is 6.24. The number of hydrogen-bond acceptors (Lipinski definition) is 1. The van der Waals surface area contributed by atoms with E-state index < -0.39 is 8.07 Å². The minimum Gasteiger partial charge on any atom is -0.387 e. The predicted octanol–water partition coefficient (Wildman–Crippen LogP) is 4.29. The Morgan fingerprint density at radius 3 is 2.00 bits per heavy atom. The van der Waals surface area contributed by atoms with Gasteiger partial charge in [-0.3, -0.25) is 0 Å². The molecule has 17 heavy (non-hydrogen) atoms. The summed E-state index contributed by atoms with van der Waals surface area (Å²) < 4.78 is 0. The molecule has 2 heteroatoms. The smallest absolute Gasteiger partial charge is 0.0977 e. The lowest BCUT2D eigenvalue weighted by Crippen LogP contribution is -2.43. The van der Waals surface area contributed by atoms with Gasteiger partial charge >= 0.3 is 0 Å². The lowest BCUT2D eigenvalue weighted by molar-refractivity contribution is 0.484. The van der Waals surface area contributed by atoms with Crippen LogP contribution in [0.2, 0.25) is 19.6 Å². The van der Waals surface area contributed by atoms with Crippen molar-refractivity contribution in [2.75, 3.05) is 0 Å². The van der Waals surface area contributed by atoms with E-state index in [1.165, 1.54) is 10.9 Å². The van der Waals surface area contributed by atoms with E-state index in [1.807, 2.05) is 0 Å². The van der Waals surface area contributed by atoms with Gasteiger partial charge in [-0.25, -0.2) is 0 Å². The third-order valence-electron chi connectivity index (χ3n) is 2.43. The third kappa shape index (κ3) is 5.22. The Bertz CT molecular complexity index is 380. The van der Waals surface area contributed by atoms with Crippen molar-refractivity contribution in [3.63, 3.8) is 0 Å². The molecule has 94 valence electrons. The minimum atomic E-state index is -1.33. The second-order valence-electron chi connectivity index (χ2n) is 6.59. The fraction of sp³-hybridized carbons (Fsp3) is 0.467. The van der Waals surface area contributed by atoms with Crippen molar-refractivity contribution in [2.24, 2.45) is 0 Å².